The number of thiazole rings is 2. The summed E-state index contributed by atoms with van der Waals surface area (Å²) in [6.45, 7) is 10.1. The molecule has 0 aliphatic carbocycles. The van der Waals surface area contributed by atoms with Crippen molar-refractivity contribution in [3.63, 3.8) is 0 Å². The molecule has 1 N–H and O–H groups in total. The summed E-state index contributed by atoms with van der Waals surface area (Å²) in [6, 6.07) is 11.9. The Bertz CT molecular complexity index is 1420. The molecule has 4 aromatic rings. The quantitative estimate of drug-likeness (QED) is 0.326. The molecule has 0 bridgehead atoms. The van der Waals surface area contributed by atoms with E-state index in [9.17, 15) is 4.79 Å². The van der Waals surface area contributed by atoms with Gasteiger partial charge in [0.05, 0.1) is 22.3 Å². The number of hydrogen-bond acceptors (Lipinski definition) is 6. The molecule has 1 fully saturated rings. The molecule has 162 valence electrons. The van der Waals surface area contributed by atoms with Crippen molar-refractivity contribution in [1.82, 2.24) is 14.9 Å². The molecule has 0 saturated carbocycles. The van der Waals surface area contributed by atoms with Crippen molar-refractivity contribution in [2.75, 3.05) is 36.4 Å². The predicted molar refractivity (Wildman–Crippen MR) is 134 cm³/mol. The van der Waals surface area contributed by atoms with E-state index in [1.807, 2.05) is 29.8 Å². The van der Waals surface area contributed by atoms with Gasteiger partial charge in [0, 0.05) is 37.2 Å². The van der Waals surface area contributed by atoms with Crippen LogP contribution in [0.5, 0.6) is 0 Å². The van der Waals surface area contributed by atoms with Crippen LogP contribution in [-0.2, 0) is 0 Å². The first-order chi connectivity index (χ1) is 16.2. The van der Waals surface area contributed by atoms with Gasteiger partial charge in [-0.2, -0.15) is 0 Å². The molecule has 3 heterocycles. The van der Waals surface area contributed by atoms with Gasteiger partial charge in [-0.25, -0.2) is 19.6 Å². The summed E-state index contributed by atoms with van der Waals surface area (Å²) in [5.74, 6) is 2.94. The van der Waals surface area contributed by atoms with Crippen LogP contribution >= 0.6 is 22.7 Å². The lowest BCUT2D eigenvalue weighted by Gasteiger charge is -2.36. The van der Waals surface area contributed by atoms with Crippen molar-refractivity contribution in [1.29, 1.82) is 0 Å². The third kappa shape index (κ3) is 4.12. The van der Waals surface area contributed by atoms with E-state index in [1.54, 1.807) is 21.6 Å². The van der Waals surface area contributed by atoms with E-state index in [0.29, 0.717) is 42.7 Å². The Kier molecular flexibility index (Phi) is 5.66. The highest BCUT2D eigenvalue weighted by molar-refractivity contribution is 7.17. The van der Waals surface area contributed by atoms with Crippen LogP contribution < -0.4 is 10.2 Å². The van der Waals surface area contributed by atoms with Crippen LogP contribution in [0, 0.1) is 18.9 Å². The number of carbonyl (C=O) groups excluding carboxylic acids is 1. The van der Waals surface area contributed by atoms with Crippen LogP contribution in [0.1, 0.15) is 5.01 Å². The number of piperazine rings is 1. The minimum Gasteiger partial charge on any atom is -0.377 e. The maximum Gasteiger partial charge on any atom is 0.323 e. The molecule has 9 heteroatoms. The van der Waals surface area contributed by atoms with Crippen LogP contribution in [0.4, 0.5) is 22.0 Å². The summed E-state index contributed by atoms with van der Waals surface area (Å²) in [5, 5.41) is 5.08. The number of fused-ring (bicyclic) bond motifs is 1. The topological polar surface area (TPSA) is 65.7 Å². The van der Waals surface area contributed by atoms with Crippen LogP contribution in [0.25, 0.3) is 26.2 Å². The number of nitrogens with zero attached hydrogens (tertiary/aromatic N) is 5. The number of aromatic nitrogens is 2. The standard InChI is InChI=1S/C24H18N6OS2/c1-3-22-27-21(14-32-22)28-24(31)30-11-9-29(10-12-30)20-8-7-16(13-19(20)25-2)17-5-4-6-18-23(17)33-15-26-18/h1,4-8,13-15H,9-12H2,(H,28,31). The van der Waals surface area contributed by atoms with E-state index >= 15 is 0 Å². The monoisotopic (exact) mass is 470 g/mol. The highest BCUT2D eigenvalue weighted by Gasteiger charge is 2.23. The highest BCUT2D eigenvalue weighted by atomic mass is 32.1. The van der Waals surface area contributed by atoms with Crippen LogP contribution in [-0.4, -0.2) is 47.1 Å². The fourth-order valence-corrected chi connectivity index (χ4v) is 5.28. The molecule has 2 amide bonds. The molecule has 1 aliphatic heterocycles. The molecule has 2 aromatic heterocycles. The van der Waals surface area contributed by atoms with Crippen molar-refractivity contribution in [3.05, 3.63) is 63.7 Å². The fourth-order valence-electron chi connectivity index (χ4n) is 3.90. The van der Waals surface area contributed by atoms with E-state index in [2.05, 4.69) is 43.1 Å². The molecule has 0 spiro atoms. The molecule has 7 nitrogen and oxygen atoms in total. The number of nitrogens with one attached hydrogen (secondary N) is 1. The average Bonchev–Trinajstić information content (AvgIpc) is 3.53. The molecule has 2 aromatic carbocycles. The first-order valence-corrected chi connectivity index (χ1v) is 12.0. The number of benzene rings is 2. The van der Waals surface area contributed by atoms with E-state index in [-0.39, 0.29) is 6.03 Å². The molecule has 1 aliphatic rings. The van der Waals surface area contributed by atoms with Crippen molar-refractivity contribution in [2.45, 2.75) is 0 Å². The normalized spacial score (nSPS) is 13.5. The fraction of sp³-hybridized carbons (Fsp3) is 0.167. The first kappa shape index (κ1) is 21.0. The summed E-state index contributed by atoms with van der Waals surface area (Å²) in [6.07, 6.45) is 5.34. The van der Waals surface area contributed by atoms with Gasteiger partial charge in [-0.1, -0.05) is 18.2 Å². The molecular weight excluding hydrogens is 452 g/mol. The van der Waals surface area contributed by atoms with Gasteiger partial charge >= 0.3 is 6.03 Å². The van der Waals surface area contributed by atoms with Gasteiger partial charge in [0.15, 0.2) is 5.01 Å². The Morgan fingerprint density at radius 2 is 2.03 bits per heavy atom. The summed E-state index contributed by atoms with van der Waals surface area (Å²) in [7, 11) is 0. The van der Waals surface area contributed by atoms with Gasteiger partial charge in [-0.15, -0.1) is 29.1 Å². The predicted octanol–water partition coefficient (Wildman–Crippen LogP) is 5.31. The highest BCUT2D eigenvalue weighted by Crippen LogP contribution is 2.37. The third-order valence-electron chi connectivity index (χ3n) is 5.53. The SMILES string of the molecule is [C-]#[N+]c1cc(-c2cccc3ncsc23)ccc1N1CCN(C(=O)Nc2csc(C#C)n2)CC1. The third-order valence-corrected chi connectivity index (χ3v) is 7.18. The first-order valence-electron chi connectivity index (χ1n) is 10.2. The summed E-state index contributed by atoms with van der Waals surface area (Å²) in [5.41, 5.74) is 6.40. The summed E-state index contributed by atoms with van der Waals surface area (Å²) >= 11 is 2.93. The minimum atomic E-state index is -0.193. The second-order valence-electron chi connectivity index (χ2n) is 7.41. The molecule has 0 unspecified atom stereocenters. The Morgan fingerprint density at radius 1 is 1.18 bits per heavy atom. The van der Waals surface area contributed by atoms with E-state index in [4.69, 9.17) is 13.0 Å². The zero-order valence-corrected chi connectivity index (χ0v) is 19.1. The van der Waals surface area contributed by atoms with Crippen molar-refractivity contribution < 1.29 is 4.79 Å². The number of hydrogen-bond donors (Lipinski definition) is 1. The lowest BCUT2D eigenvalue weighted by molar-refractivity contribution is 0.208. The lowest BCUT2D eigenvalue weighted by Crippen LogP contribution is -2.50. The molecule has 1 saturated heterocycles. The molecular formula is C24H18N6OS2. The maximum atomic E-state index is 12.6. The van der Waals surface area contributed by atoms with Gasteiger partial charge in [-0.05, 0) is 35.2 Å². The Balaban J connectivity index is 1.29. The number of carbonyl (C=O) groups is 1. The molecule has 0 atom stereocenters. The summed E-state index contributed by atoms with van der Waals surface area (Å²) < 4.78 is 1.12. The largest absolute Gasteiger partial charge is 0.377 e. The Morgan fingerprint density at radius 3 is 2.79 bits per heavy atom. The van der Waals surface area contributed by atoms with Crippen LogP contribution in [0.2, 0.25) is 0 Å². The van der Waals surface area contributed by atoms with Crippen LogP contribution in [0.15, 0.2) is 47.3 Å². The molecule has 0 radical (unpaired) electrons. The van der Waals surface area contributed by atoms with E-state index in [1.165, 1.54) is 11.3 Å². The number of terminal acetylenes is 1. The average molecular weight is 471 g/mol. The van der Waals surface area contributed by atoms with Gasteiger partial charge < -0.3 is 9.80 Å². The van der Waals surface area contributed by atoms with E-state index in [0.717, 1.165) is 27.0 Å². The maximum absolute atomic E-state index is 12.6. The van der Waals surface area contributed by atoms with Crippen molar-refractivity contribution in [3.8, 4) is 23.5 Å². The second kappa shape index (κ2) is 8.91. The number of urea groups is 1. The second-order valence-corrected chi connectivity index (χ2v) is 9.12. The minimum absolute atomic E-state index is 0.193. The smallest absolute Gasteiger partial charge is 0.323 e. The van der Waals surface area contributed by atoms with Gasteiger partial charge in [-0.3, -0.25) is 5.32 Å². The van der Waals surface area contributed by atoms with Gasteiger partial charge in [0.1, 0.15) is 5.82 Å². The molecule has 5 rings (SSSR count). The van der Waals surface area contributed by atoms with E-state index < -0.39 is 0 Å². The summed E-state index contributed by atoms with van der Waals surface area (Å²) in [4.78, 5) is 28.9. The lowest BCUT2D eigenvalue weighted by atomic mass is 10.0. The molecule has 33 heavy (non-hydrogen) atoms. The van der Waals surface area contributed by atoms with Gasteiger partial charge in [0.2, 0.25) is 5.69 Å². The zero-order valence-electron chi connectivity index (χ0n) is 17.5. The van der Waals surface area contributed by atoms with Crippen molar-refractivity contribution >= 4 is 56.1 Å². The number of anilines is 2. The van der Waals surface area contributed by atoms with Crippen LogP contribution in [0.3, 0.4) is 0 Å². The van der Waals surface area contributed by atoms with Gasteiger partial charge in [0.25, 0.3) is 0 Å². The van der Waals surface area contributed by atoms with Crippen molar-refractivity contribution in [2.24, 2.45) is 0 Å². The Labute approximate surface area is 199 Å². The number of amides is 2. The Hall–Kier alpha value is -3.92. The zero-order chi connectivity index (χ0) is 22.8. The number of rotatable bonds is 3.